The fourth-order valence-corrected chi connectivity index (χ4v) is 3.90. The Balaban J connectivity index is 1.56. The predicted octanol–water partition coefficient (Wildman–Crippen LogP) is 2.41. The number of nitrogens with zero attached hydrogens (tertiary/aromatic N) is 4. The smallest absolute Gasteiger partial charge is 0.282 e. The Bertz CT molecular complexity index is 741. The van der Waals surface area contributed by atoms with Crippen molar-refractivity contribution in [1.82, 2.24) is 14.7 Å². The van der Waals surface area contributed by atoms with Crippen LogP contribution < -0.4 is 0 Å². The Morgan fingerprint density at radius 2 is 1.61 bits per heavy atom. The van der Waals surface area contributed by atoms with E-state index in [4.69, 9.17) is 11.6 Å². The largest absolute Gasteiger partial charge is 0.342 e. The molecule has 2 heterocycles. The van der Waals surface area contributed by atoms with Gasteiger partial charge in [-0.3, -0.25) is 24.6 Å². The molecule has 0 atom stereocenters. The van der Waals surface area contributed by atoms with Gasteiger partial charge in [-0.15, -0.1) is 0 Å². The van der Waals surface area contributed by atoms with Crippen LogP contribution in [0.5, 0.6) is 0 Å². The molecule has 2 aliphatic heterocycles. The van der Waals surface area contributed by atoms with Crippen LogP contribution in [0.1, 0.15) is 36.0 Å². The molecule has 1 aromatic carbocycles. The van der Waals surface area contributed by atoms with Crippen LogP contribution in [0, 0.1) is 10.1 Å². The number of benzene rings is 1. The normalized spacial score (nSPS) is 18.6. The average Bonchev–Trinajstić information content (AvgIpc) is 2.97. The molecule has 9 heteroatoms. The highest BCUT2D eigenvalue weighted by Gasteiger charge is 2.29. The van der Waals surface area contributed by atoms with Gasteiger partial charge in [0.25, 0.3) is 11.6 Å². The van der Waals surface area contributed by atoms with E-state index in [2.05, 4.69) is 0 Å². The van der Waals surface area contributed by atoms with Crippen molar-refractivity contribution in [2.24, 2.45) is 0 Å². The molecule has 152 valence electrons. The molecule has 2 fully saturated rings. The van der Waals surface area contributed by atoms with Crippen molar-refractivity contribution in [2.75, 3.05) is 45.8 Å². The molecule has 1 aromatic rings. The van der Waals surface area contributed by atoms with Gasteiger partial charge in [-0.1, -0.05) is 24.4 Å². The highest BCUT2D eigenvalue weighted by molar-refractivity contribution is 6.31. The Hall–Kier alpha value is -2.19. The Morgan fingerprint density at radius 3 is 2.21 bits per heavy atom. The molecule has 2 aliphatic rings. The number of hydrogen-bond acceptors (Lipinski definition) is 5. The molecule has 2 amide bonds. The van der Waals surface area contributed by atoms with E-state index in [-0.39, 0.29) is 22.2 Å². The van der Waals surface area contributed by atoms with Crippen LogP contribution in [0.3, 0.4) is 0 Å². The van der Waals surface area contributed by atoms with Crippen LogP contribution in [0.25, 0.3) is 0 Å². The molecule has 0 aromatic heterocycles. The molecule has 0 spiro atoms. The van der Waals surface area contributed by atoms with E-state index >= 15 is 0 Å². The molecule has 3 rings (SSSR count). The molecular formula is C19H25ClN4O4. The number of carbonyl (C=O) groups excluding carboxylic acids is 2. The van der Waals surface area contributed by atoms with E-state index < -0.39 is 10.8 Å². The summed E-state index contributed by atoms with van der Waals surface area (Å²) in [5, 5.41) is 11.5. The lowest BCUT2D eigenvalue weighted by molar-refractivity contribution is -0.385. The minimum absolute atomic E-state index is 0.00610. The molecule has 0 saturated carbocycles. The van der Waals surface area contributed by atoms with E-state index in [0.29, 0.717) is 32.7 Å². The lowest BCUT2D eigenvalue weighted by Crippen LogP contribution is -2.51. The number of likely N-dealkylation sites (tertiary alicyclic amines) is 1. The second kappa shape index (κ2) is 9.34. The number of amides is 2. The molecular weight excluding hydrogens is 384 g/mol. The number of piperazine rings is 1. The molecule has 28 heavy (non-hydrogen) atoms. The van der Waals surface area contributed by atoms with Crippen LogP contribution in [0.4, 0.5) is 5.69 Å². The predicted molar refractivity (Wildman–Crippen MR) is 105 cm³/mol. The monoisotopic (exact) mass is 408 g/mol. The van der Waals surface area contributed by atoms with Crippen molar-refractivity contribution >= 4 is 29.1 Å². The van der Waals surface area contributed by atoms with E-state index in [9.17, 15) is 19.7 Å². The first-order valence-electron chi connectivity index (χ1n) is 9.69. The third kappa shape index (κ3) is 4.99. The number of nitro groups is 1. The Labute approximate surface area is 169 Å². The second-order valence-electron chi connectivity index (χ2n) is 7.28. The zero-order valence-corrected chi connectivity index (χ0v) is 16.6. The van der Waals surface area contributed by atoms with Crippen LogP contribution in [-0.2, 0) is 4.79 Å². The van der Waals surface area contributed by atoms with Gasteiger partial charge in [-0.2, -0.15) is 0 Å². The minimum Gasteiger partial charge on any atom is -0.342 e. The minimum atomic E-state index is -0.570. The lowest BCUT2D eigenvalue weighted by atomic mass is 10.1. The third-order valence-electron chi connectivity index (χ3n) is 5.36. The number of rotatable bonds is 4. The summed E-state index contributed by atoms with van der Waals surface area (Å²) in [7, 11) is 0. The Kier molecular flexibility index (Phi) is 6.85. The van der Waals surface area contributed by atoms with Gasteiger partial charge in [0, 0.05) is 50.4 Å². The van der Waals surface area contributed by atoms with Crippen molar-refractivity contribution in [2.45, 2.75) is 25.7 Å². The summed E-state index contributed by atoms with van der Waals surface area (Å²) in [6, 6.07) is 4.01. The maximum Gasteiger partial charge on any atom is 0.282 e. The zero-order chi connectivity index (χ0) is 20.1. The summed E-state index contributed by atoms with van der Waals surface area (Å²) >= 11 is 5.93. The Morgan fingerprint density at radius 1 is 0.964 bits per heavy atom. The first-order valence-corrected chi connectivity index (χ1v) is 10.1. The van der Waals surface area contributed by atoms with Gasteiger partial charge in [-0.25, -0.2) is 0 Å². The van der Waals surface area contributed by atoms with Gasteiger partial charge >= 0.3 is 0 Å². The SMILES string of the molecule is O=C(CN1CCN(C(=O)c2cc(Cl)ccc2[N+](=O)[O-])CC1)N1CCCCCC1. The van der Waals surface area contributed by atoms with E-state index in [0.717, 1.165) is 25.9 Å². The summed E-state index contributed by atoms with van der Waals surface area (Å²) in [5.41, 5.74) is -0.236. The maximum atomic E-state index is 12.8. The van der Waals surface area contributed by atoms with Gasteiger partial charge in [0.1, 0.15) is 5.56 Å². The number of nitro benzene ring substituents is 1. The van der Waals surface area contributed by atoms with E-state index in [1.165, 1.54) is 31.0 Å². The summed E-state index contributed by atoms with van der Waals surface area (Å²) in [6.07, 6.45) is 4.49. The molecule has 8 nitrogen and oxygen atoms in total. The van der Waals surface area contributed by atoms with Crippen molar-refractivity contribution in [3.05, 3.63) is 38.9 Å². The van der Waals surface area contributed by atoms with Crippen molar-refractivity contribution in [3.8, 4) is 0 Å². The van der Waals surface area contributed by atoms with Gasteiger partial charge in [0.2, 0.25) is 5.91 Å². The highest BCUT2D eigenvalue weighted by Crippen LogP contribution is 2.24. The van der Waals surface area contributed by atoms with Crippen molar-refractivity contribution in [1.29, 1.82) is 0 Å². The summed E-state index contributed by atoms with van der Waals surface area (Å²) in [4.78, 5) is 41.5. The molecule has 0 aliphatic carbocycles. The van der Waals surface area contributed by atoms with Crippen LogP contribution in [0.2, 0.25) is 5.02 Å². The average molecular weight is 409 g/mol. The first-order chi connectivity index (χ1) is 13.5. The second-order valence-corrected chi connectivity index (χ2v) is 7.72. The lowest BCUT2D eigenvalue weighted by Gasteiger charge is -2.35. The molecule has 0 N–H and O–H groups in total. The van der Waals surface area contributed by atoms with Crippen LogP contribution in [-0.4, -0.2) is 77.3 Å². The van der Waals surface area contributed by atoms with E-state index in [1.54, 1.807) is 4.90 Å². The third-order valence-corrected chi connectivity index (χ3v) is 5.60. The fraction of sp³-hybridized carbons (Fsp3) is 0.579. The summed E-state index contributed by atoms with van der Waals surface area (Å²) in [5.74, 6) is -0.250. The van der Waals surface area contributed by atoms with Crippen molar-refractivity contribution < 1.29 is 14.5 Å². The van der Waals surface area contributed by atoms with Crippen molar-refractivity contribution in [3.63, 3.8) is 0 Å². The maximum absolute atomic E-state index is 12.8. The topological polar surface area (TPSA) is 87.0 Å². The zero-order valence-electron chi connectivity index (χ0n) is 15.8. The highest BCUT2D eigenvalue weighted by atomic mass is 35.5. The number of hydrogen-bond donors (Lipinski definition) is 0. The standard InChI is InChI=1S/C19H25ClN4O4/c20-15-5-6-17(24(27)28)16(13-15)19(26)23-11-9-21(10-12-23)14-18(25)22-7-3-1-2-4-8-22/h5-6,13H,1-4,7-12,14H2. The molecule has 0 unspecified atom stereocenters. The van der Waals surface area contributed by atoms with Crippen LogP contribution >= 0.6 is 11.6 Å². The molecule has 2 saturated heterocycles. The quantitative estimate of drug-likeness (QED) is 0.564. The van der Waals surface area contributed by atoms with E-state index in [1.807, 2.05) is 9.80 Å². The molecule has 0 bridgehead atoms. The number of carbonyl (C=O) groups is 2. The van der Waals surface area contributed by atoms with Crippen LogP contribution in [0.15, 0.2) is 18.2 Å². The summed E-state index contributed by atoms with van der Waals surface area (Å²) < 4.78 is 0. The number of halogens is 1. The van der Waals surface area contributed by atoms with Gasteiger partial charge in [-0.05, 0) is 25.0 Å². The van der Waals surface area contributed by atoms with Gasteiger partial charge < -0.3 is 9.80 Å². The first kappa shape index (κ1) is 20.5. The van der Waals surface area contributed by atoms with Gasteiger partial charge in [0.15, 0.2) is 0 Å². The van der Waals surface area contributed by atoms with Gasteiger partial charge in [0.05, 0.1) is 11.5 Å². The fourth-order valence-electron chi connectivity index (χ4n) is 3.73. The summed E-state index contributed by atoms with van der Waals surface area (Å²) in [6.45, 7) is 4.01. The molecule has 0 radical (unpaired) electrons.